The number of hydrogen-bond donors (Lipinski definition) is 3. The first-order valence-electron chi connectivity index (χ1n) is 13.5. The quantitative estimate of drug-likeness (QED) is 0.205. The van der Waals surface area contributed by atoms with Crippen LogP contribution in [0, 0.1) is 6.92 Å². The number of phenolic OH excluding ortho intramolecular Hbond substituents is 1. The molecule has 2 amide bonds. The van der Waals surface area contributed by atoms with Gasteiger partial charge in [-0.15, -0.1) is 11.3 Å². The third-order valence-electron chi connectivity index (χ3n) is 7.45. The monoisotopic (exact) mass is 550 g/mol. The average Bonchev–Trinajstić information content (AvgIpc) is 3.72. The maximum Gasteiger partial charge on any atom is 0.342 e. The second-order valence-corrected chi connectivity index (χ2v) is 11.4. The first kappa shape index (κ1) is 25.8. The van der Waals surface area contributed by atoms with Crippen molar-refractivity contribution in [1.29, 1.82) is 0 Å². The smallest absolute Gasteiger partial charge is 0.342 e. The van der Waals surface area contributed by atoms with E-state index in [1.54, 1.807) is 12.1 Å². The van der Waals surface area contributed by atoms with Crippen LogP contribution in [-0.2, 0) is 6.54 Å². The Morgan fingerprint density at radius 1 is 1.00 bits per heavy atom. The third kappa shape index (κ3) is 5.35. The molecule has 7 nitrogen and oxygen atoms in total. The number of rotatable bonds is 6. The lowest BCUT2D eigenvalue weighted by molar-refractivity contribution is 0.103. The van der Waals surface area contributed by atoms with Crippen molar-refractivity contribution in [2.75, 3.05) is 5.32 Å². The molecular formula is C32H30N4O3S. The van der Waals surface area contributed by atoms with Gasteiger partial charge in [0.1, 0.15) is 5.75 Å². The Balaban J connectivity index is 1.22. The Morgan fingerprint density at radius 3 is 2.52 bits per heavy atom. The summed E-state index contributed by atoms with van der Waals surface area (Å²) in [6.07, 6.45) is 4.25. The minimum atomic E-state index is -0.291. The molecule has 6 rings (SSSR count). The summed E-state index contributed by atoms with van der Waals surface area (Å²) in [4.78, 5) is 26.7. The molecule has 0 unspecified atom stereocenters. The Morgan fingerprint density at radius 2 is 1.77 bits per heavy atom. The summed E-state index contributed by atoms with van der Waals surface area (Å²) in [7, 11) is 0. The summed E-state index contributed by atoms with van der Waals surface area (Å²) in [6.45, 7) is 2.43. The fraction of sp³-hybridized carbons (Fsp3) is 0.219. The van der Waals surface area contributed by atoms with E-state index < -0.39 is 0 Å². The molecule has 1 aliphatic rings. The van der Waals surface area contributed by atoms with Crippen molar-refractivity contribution >= 4 is 39.0 Å². The molecule has 8 heteroatoms. The number of benzene rings is 3. The van der Waals surface area contributed by atoms with Crippen molar-refractivity contribution < 1.29 is 14.7 Å². The molecule has 3 aromatic carbocycles. The zero-order chi connectivity index (χ0) is 27.6. The predicted molar refractivity (Wildman–Crippen MR) is 159 cm³/mol. The molecule has 0 atom stereocenters. The van der Waals surface area contributed by atoms with Crippen molar-refractivity contribution in [1.82, 2.24) is 15.1 Å². The van der Waals surface area contributed by atoms with Gasteiger partial charge >= 0.3 is 6.03 Å². The minimum absolute atomic E-state index is 0.0168. The third-order valence-corrected chi connectivity index (χ3v) is 8.56. The van der Waals surface area contributed by atoms with E-state index in [-0.39, 0.29) is 23.6 Å². The number of thiophene rings is 1. The van der Waals surface area contributed by atoms with Gasteiger partial charge in [0, 0.05) is 34.5 Å². The molecule has 2 heterocycles. The van der Waals surface area contributed by atoms with E-state index in [0.29, 0.717) is 28.4 Å². The number of nitrogens with zero attached hydrogens (tertiary/aromatic N) is 2. The van der Waals surface area contributed by atoms with Gasteiger partial charge in [0.25, 0.3) is 5.91 Å². The number of hydrogen-bond acceptors (Lipinski definition) is 5. The molecule has 3 N–H and O–H groups in total. The fourth-order valence-corrected chi connectivity index (χ4v) is 6.23. The Labute approximate surface area is 236 Å². The highest BCUT2D eigenvalue weighted by Crippen LogP contribution is 2.38. The molecule has 0 radical (unpaired) electrons. The van der Waals surface area contributed by atoms with Crippen LogP contribution in [0.15, 0.2) is 78.9 Å². The second-order valence-electron chi connectivity index (χ2n) is 10.3. The van der Waals surface area contributed by atoms with Crippen LogP contribution < -0.4 is 10.6 Å². The normalized spacial score (nSPS) is 13.5. The van der Waals surface area contributed by atoms with Crippen molar-refractivity contribution in [2.45, 2.75) is 45.1 Å². The van der Waals surface area contributed by atoms with Crippen LogP contribution in [0.3, 0.4) is 0 Å². The van der Waals surface area contributed by atoms with E-state index in [9.17, 15) is 14.7 Å². The van der Waals surface area contributed by atoms with Crippen LogP contribution in [-0.4, -0.2) is 26.8 Å². The van der Waals surface area contributed by atoms with Crippen LogP contribution in [0.4, 0.5) is 10.5 Å². The van der Waals surface area contributed by atoms with Gasteiger partial charge in [-0.3, -0.25) is 4.79 Å². The predicted octanol–water partition coefficient (Wildman–Crippen LogP) is 7.45. The van der Waals surface area contributed by atoms with Crippen LogP contribution in [0.1, 0.15) is 58.1 Å². The Bertz CT molecular complexity index is 1660. The van der Waals surface area contributed by atoms with Gasteiger partial charge in [-0.25, -0.2) is 4.79 Å². The number of amides is 2. The highest BCUT2D eigenvalue weighted by atomic mass is 32.1. The molecular weight excluding hydrogens is 520 g/mol. The molecule has 0 saturated heterocycles. The molecule has 0 aliphatic heterocycles. The van der Waals surface area contributed by atoms with Gasteiger partial charge in [-0.05, 0) is 61.0 Å². The Kier molecular flexibility index (Phi) is 7.09. The number of aromatic nitrogens is 2. The zero-order valence-corrected chi connectivity index (χ0v) is 23.0. The summed E-state index contributed by atoms with van der Waals surface area (Å²) >= 11 is 1.43. The largest absolute Gasteiger partial charge is 0.507 e. The second kappa shape index (κ2) is 11.0. The molecule has 0 bridgehead atoms. The summed E-state index contributed by atoms with van der Waals surface area (Å²) in [5, 5.41) is 22.4. The van der Waals surface area contributed by atoms with Gasteiger partial charge in [-0.1, -0.05) is 60.9 Å². The van der Waals surface area contributed by atoms with Crippen LogP contribution in [0.25, 0.3) is 21.3 Å². The number of nitrogens with one attached hydrogen (secondary N) is 2. The lowest BCUT2D eigenvalue weighted by Crippen LogP contribution is -2.30. The van der Waals surface area contributed by atoms with Crippen molar-refractivity contribution in [3.05, 3.63) is 101 Å². The first-order chi connectivity index (χ1) is 19.4. The van der Waals surface area contributed by atoms with Crippen molar-refractivity contribution in [3.8, 4) is 17.0 Å². The Hall–Kier alpha value is -4.43. The van der Waals surface area contributed by atoms with E-state index >= 15 is 0 Å². The molecule has 1 fully saturated rings. The number of anilines is 1. The topological polar surface area (TPSA) is 96.3 Å². The molecule has 1 aliphatic carbocycles. The maximum atomic E-state index is 13.2. The standard InChI is InChI=1S/C32H30N4O3S/c1-20-10-12-21(13-11-20)19-33-32(39)36-27(22-6-2-3-7-22)18-26(35-36)25-15-14-24(17-28(25)37)34-31(38)30-16-23-8-4-5-9-29(23)40-30/h4-5,8-18,22,37H,2-3,6-7,19H2,1H3,(H,33,39)(H,34,38). The highest BCUT2D eigenvalue weighted by Gasteiger charge is 2.26. The maximum absolute atomic E-state index is 13.2. The summed E-state index contributed by atoms with van der Waals surface area (Å²) in [6, 6.07) is 24.4. The molecule has 40 heavy (non-hydrogen) atoms. The number of carbonyl (C=O) groups excluding carboxylic acids is 2. The van der Waals surface area contributed by atoms with E-state index in [1.165, 1.54) is 27.6 Å². The SMILES string of the molecule is Cc1ccc(CNC(=O)n2nc(-c3ccc(NC(=O)c4cc5ccccc5s4)cc3O)cc2C2CCCC2)cc1. The van der Waals surface area contributed by atoms with E-state index in [2.05, 4.69) is 15.7 Å². The number of phenols is 1. The molecule has 202 valence electrons. The number of fused-ring (bicyclic) bond motifs is 1. The van der Waals surface area contributed by atoms with E-state index in [1.807, 2.05) is 67.6 Å². The summed E-state index contributed by atoms with van der Waals surface area (Å²) < 4.78 is 2.50. The van der Waals surface area contributed by atoms with Gasteiger partial charge in [0.15, 0.2) is 0 Å². The first-order valence-corrected chi connectivity index (χ1v) is 14.3. The lowest BCUT2D eigenvalue weighted by Gasteiger charge is -2.12. The molecule has 5 aromatic rings. The van der Waals surface area contributed by atoms with Crippen LogP contribution >= 0.6 is 11.3 Å². The average molecular weight is 551 g/mol. The molecule has 2 aromatic heterocycles. The van der Waals surface area contributed by atoms with E-state index in [4.69, 9.17) is 0 Å². The van der Waals surface area contributed by atoms with Gasteiger partial charge < -0.3 is 15.7 Å². The van der Waals surface area contributed by atoms with Crippen molar-refractivity contribution in [2.24, 2.45) is 0 Å². The van der Waals surface area contributed by atoms with Gasteiger partial charge in [0.2, 0.25) is 0 Å². The fourth-order valence-electron chi connectivity index (χ4n) is 5.27. The lowest BCUT2D eigenvalue weighted by atomic mass is 10.0. The number of aryl methyl sites for hydroxylation is 1. The molecule has 0 spiro atoms. The van der Waals surface area contributed by atoms with Gasteiger partial charge in [-0.2, -0.15) is 9.78 Å². The number of aromatic hydroxyl groups is 1. The zero-order valence-electron chi connectivity index (χ0n) is 22.2. The van der Waals surface area contributed by atoms with Gasteiger partial charge in [0.05, 0.1) is 16.3 Å². The summed E-state index contributed by atoms with van der Waals surface area (Å²) in [5.74, 6) is -0.00314. The van der Waals surface area contributed by atoms with E-state index in [0.717, 1.165) is 47.0 Å². The minimum Gasteiger partial charge on any atom is -0.507 e. The highest BCUT2D eigenvalue weighted by molar-refractivity contribution is 7.20. The van der Waals surface area contributed by atoms with Crippen LogP contribution in [0.5, 0.6) is 5.75 Å². The number of carbonyl (C=O) groups is 2. The molecule has 1 saturated carbocycles. The summed E-state index contributed by atoms with van der Waals surface area (Å²) in [5.41, 5.74) is 4.54. The van der Waals surface area contributed by atoms with Crippen LogP contribution in [0.2, 0.25) is 0 Å². The van der Waals surface area contributed by atoms with Crippen molar-refractivity contribution in [3.63, 3.8) is 0 Å².